The zero-order valence-electron chi connectivity index (χ0n) is 11.8. The number of fused-ring (bicyclic) bond motifs is 1. The third-order valence-electron chi connectivity index (χ3n) is 3.62. The standard InChI is InChI=1S/C13H17N3O4S/c1-13-4-3-11(18)16(13)9(8-21-13)12(19)20-7-10(17)15-6-2-5-14/h9H,2-4,6-8H2,1H3,(H,15,17)/t9-,13+/m1/s1. The van der Waals surface area contributed by atoms with Crippen molar-refractivity contribution < 1.29 is 19.1 Å². The van der Waals surface area contributed by atoms with Crippen molar-refractivity contribution in [3.05, 3.63) is 0 Å². The Balaban J connectivity index is 1.83. The molecule has 2 atom stereocenters. The van der Waals surface area contributed by atoms with Crippen molar-refractivity contribution in [2.24, 2.45) is 0 Å². The Morgan fingerprint density at radius 1 is 1.62 bits per heavy atom. The second-order valence-electron chi connectivity index (χ2n) is 5.13. The van der Waals surface area contributed by atoms with E-state index in [1.54, 1.807) is 16.7 Å². The van der Waals surface area contributed by atoms with E-state index in [2.05, 4.69) is 5.32 Å². The largest absolute Gasteiger partial charge is 0.454 e. The van der Waals surface area contributed by atoms with Gasteiger partial charge < -0.3 is 15.0 Å². The Hall–Kier alpha value is -1.75. The molecule has 0 aromatic heterocycles. The Labute approximate surface area is 127 Å². The Bertz CT molecular complexity index is 504. The molecule has 2 saturated heterocycles. The molecule has 2 fully saturated rings. The number of esters is 1. The number of ether oxygens (including phenoxy) is 1. The maximum Gasteiger partial charge on any atom is 0.330 e. The van der Waals surface area contributed by atoms with E-state index in [4.69, 9.17) is 10.00 Å². The zero-order valence-corrected chi connectivity index (χ0v) is 12.6. The highest BCUT2D eigenvalue weighted by Crippen LogP contribution is 2.47. The van der Waals surface area contributed by atoms with Crippen LogP contribution in [-0.2, 0) is 19.1 Å². The van der Waals surface area contributed by atoms with Crippen LogP contribution in [0.4, 0.5) is 0 Å². The topological polar surface area (TPSA) is 99.5 Å². The summed E-state index contributed by atoms with van der Waals surface area (Å²) in [4.78, 5) is 36.6. The van der Waals surface area contributed by atoms with Crippen molar-refractivity contribution in [2.45, 2.75) is 37.1 Å². The monoisotopic (exact) mass is 311 g/mol. The van der Waals surface area contributed by atoms with Crippen LogP contribution in [0.25, 0.3) is 0 Å². The number of nitrogens with zero attached hydrogens (tertiary/aromatic N) is 2. The van der Waals surface area contributed by atoms with Gasteiger partial charge in [-0.2, -0.15) is 5.26 Å². The summed E-state index contributed by atoms with van der Waals surface area (Å²) in [6.45, 7) is 1.80. The minimum Gasteiger partial charge on any atom is -0.454 e. The summed E-state index contributed by atoms with van der Waals surface area (Å²) in [5, 5.41) is 10.8. The minimum absolute atomic E-state index is 0.0390. The first-order valence-electron chi connectivity index (χ1n) is 6.74. The Morgan fingerprint density at radius 3 is 3.10 bits per heavy atom. The lowest BCUT2D eigenvalue weighted by atomic mass is 10.2. The fraction of sp³-hybridized carbons (Fsp3) is 0.692. The van der Waals surface area contributed by atoms with E-state index in [1.165, 1.54) is 0 Å². The second-order valence-corrected chi connectivity index (χ2v) is 6.63. The van der Waals surface area contributed by atoms with Gasteiger partial charge in [0.15, 0.2) is 6.61 Å². The predicted octanol–water partition coefficient (Wildman–Crippen LogP) is 0.0135. The summed E-state index contributed by atoms with van der Waals surface area (Å²) in [6.07, 6.45) is 1.39. The summed E-state index contributed by atoms with van der Waals surface area (Å²) >= 11 is 1.57. The summed E-state index contributed by atoms with van der Waals surface area (Å²) in [5.74, 6) is -0.531. The normalized spacial score (nSPS) is 27.1. The average molecular weight is 311 g/mol. The van der Waals surface area contributed by atoms with Crippen LogP contribution in [0, 0.1) is 11.3 Å². The lowest BCUT2D eigenvalue weighted by molar-refractivity contribution is -0.156. The van der Waals surface area contributed by atoms with E-state index in [0.29, 0.717) is 12.2 Å². The summed E-state index contributed by atoms with van der Waals surface area (Å²) in [7, 11) is 0. The smallest absolute Gasteiger partial charge is 0.330 e. The van der Waals surface area contributed by atoms with Crippen molar-refractivity contribution in [1.82, 2.24) is 10.2 Å². The number of nitrogens with one attached hydrogen (secondary N) is 1. The lowest BCUT2D eigenvalue weighted by Crippen LogP contribution is -2.47. The molecule has 0 unspecified atom stereocenters. The molecule has 0 saturated carbocycles. The Kier molecular flexibility index (Phi) is 4.73. The molecule has 2 aliphatic rings. The van der Waals surface area contributed by atoms with Crippen molar-refractivity contribution >= 4 is 29.5 Å². The van der Waals surface area contributed by atoms with Crippen LogP contribution in [-0.4, -0.2) is 52.5 Å². The van der Waals surface area contributed by atoms with Crippen LogP contribution >= 0.6 is 11.8 Å². The average Bonchev–Trinajstić information content (AvgIpc) is 2.94. The number of rotatable bonds is 5. The van der Waals surface area contributed by atoms with Gasteiger partial charge in [0.1, 0.15) is 6.04 Å². The molecule has 0 bridgehead atoms. The molecule has 0 radical (unpaired) electrons. The third kappa shape index (κ3) is 3.29. The second kappa shape index (κ2) is 6.35. The fourth-order valence-electron chi connectivity index (χ4n) is 2.54. The van der Waals surface area contributed by atoms with E-state index in [9.17, 15) is 14.4 Å². The van der Waals surface area contributed by atoms with Crippen molar-refractivity contribution in [1.29, 1.82) is 5.26 Å². The number of nitriles is 1. The highest BCUT2D eigenvalue weighted by atomic mass is 32.2. The van der Waals surface area contributed by atoms with Gasteiger partial charge in [-0.3, -0.25) is 9.59 Å². The molecule has 1 N–H and O–H groups in total. The van der Waals surface area contributed by atoms with Crippen LogP contribution in [0.1, 0.15) is 26.2 Å². The molecule has 0 aromatic carbocycles. The van der Waals surface area contributed by atoms with Crippen molar-refractivity contribution in [2.75, 3.05) is 18.9 Å². The van der Waals surface area contributed by atoms with E-state index in [-0.39, 0.29) is 30.4 Å². The van der Waals surface area contributed by atoms with Crippen LogP contribution < -0.4 is 5.32 Å². The van der Waals surface area contributed by atoms with Crippen molar-refractivity contribution in [3.63, 3.8) is 0 Å². The van der Waals surface area contributed by atoms with Crippen LogP contribution in [0.3, 0.4) is 0 Å². The van der Waals surface area contributed by atoms with E-state index >= 15 is 0 Å². The molecule has 114 valence electrons. The van der Waals surface area contributed by atoms with Crippen LogP contribution in [0.2, 0.25) is 0 Å². The Morgan fingerprint density at radius 2 is 2.38 bits per heavy atom. The highest BCUT2D eigenvalue weighted by Gasteiger charge is 2.53. The summed E-state index contributed by atoms with van der Waals surface area (Å²) in [5.41, 5.74) is 0. The molecule has 2 rings (SSSR count). The first-order valence-corrected chi connectivity index (χ1v) is 7.73. The van der Waals surface area contributed by atoms with Gasteiger partial charge in [-0.1, -0.05) is 0 Å². The fourth-order valence-corrected chi connectivity index (χ4v) is 3.95. The highest BCUT2D eigenvalue weighted by molar-refractivity contribution is 8.01. The summed E-state index contributed by atoms with van der Waals surface area (Å²) in [6, 6.07) is 1.29. The molecule has 0 aromatic rings. The molecule has 7 nitrogen and oxygen atoms in total. The molecule has 2 heterocycles. The van der Waals surface area contributed by atoms with Crippen LogP contribution in [0.15, 0.2) is 0 Å². The minimum atomic E-state index is -0.609. The molecule has 0 aliphatic carbocycles. The van der Waals surface area contributed by atoms with Gasteiger partial charge >= 0.3 is 5.97 Å². The molecule has 2 aliphatic heterocycles. The SMILES string of the molecule is C[C@]12CCC(=O)N1[C@@H](C(=O)OCC(=O)NCCC#N)CS2. The summed E-state index contributed by atoms with van der Waals surface area (Å²) < 4.78 is 4.98. The molecule has 2 amide bonds. The van der Waals surface area contributed by atoms with Crippen molar-refractivity contribution in [3.8, 4) is 6.07 Å². The maximum atomic E-state index is 12.0. The molecular formula is C13H17N3O4S. The van der Waals surface area contributed by atoms with Gasteiger partial charge in [0.2, 0.25) is 5.91 Å². The number of carbonyl (C=O) groups is 3. The molecule has 21 heavy (non-hydrogen) atoms. The van der Waals surface area contributed by atoms with Gasteiger partial charge in [-0.15, -0.1) is 11.8 Å². The van der Waals surface area contributed by atoms with Gasteiger partial charge in [-0.25, -0.2) is 4.79 Å². The number of hydrogen-bond acceptors (Lipinski definition) is 6. The molecule has 8 heteroatoms. The van der Waals surface area contributed by atoms with Gasteiger partial charge in [0.25, 0.3) is 5.91 Å². The van der Waals surface area contributed by atoms with E-state index < -0.39 is 17.9 Å². The van der Waals surface area contributed by atoms with Gasteiger partial charge in [-0.05, 0) is 13.3 Å². The van der Waals surface area contributed by atoms with E-state index in [1.807, 2.05) is 13.0 Å². The third-order valence-corrected chi connectivity index (χ3v) is 5.13. The molecule has 0 spiro atoms. The quantitative estimate of drug-likeness (QED) is 0.567. The number of thioether (sulfide) groups is 1. The number of hydrogen-bond donors (Lipinski definition) is 1. The predicted molar refractivity (Wildman–Crippen MR) is 74.9 cm³/mol. The van der Waals surface area contributed by atoms with E-state index in [0.717, 1.165) is 6.42 Å². The van der Waals surface area contributed by atoms with Gasteiger partial charge in [0, 0.05) is 18.7 Å². The number of amides is 2. The first-order chi connectivity index (χ1) is 9.98. The first kappa shape index (κ1) is 15.6. The lowest BCUT2D eigenvalue weighted by Gasteiger charge is -2.29. The zero-order chi connectivity index (χ0) is 15.5. The van der Waals surface area contributed by atoms with Crippen LogP contribution in [0.5, 0.6) is 0 Å². The molecular weight excluding hydrogens is 294 g/mol. The van der Waals surface area contributed by atoms with Gasteiger partial charge in [0.05, 0.1) is 17.4 Å². The number of carbonyl (C=O) groups excluding carboxylic acids is 3. The maximum absolute atomic E-state index is 12.0.